The molecule has 2 rings (SSSR count). The number of carbonyl (C=O) groups is 1. The number of thiocarbonyl (C=S) groups is 1. The first-order valence-corrected chi connectivity index (χ1v) is 5.88. The summed E-state index contributed by atoms with van der Waals surface area (Å²) in [7, 11) is 0. The number of amides is 1. The average molecular weight is 276 g/mol. The zero-order valence-electron chi connectivity index (χ0n) is 10.4. The highest BCUT2D eigenvalue weighted by Crippen LogP contribution is 2.13. The highest BCUT2D eigenvalue weighted by Gasteiger charge is 2.02. The molecular weight excluding hydrogens is 264 g/mol. The van der Waals surface area contributed by atoms with E-state index in [1.165, 1.54) is 6.92 Å². The van der Waals surface area contributed by atoms with Gasteiger partial charge in [-0.15, -0.1) is 0 Å². The van der Waals surface area contributed by atoms with E-state index in [0.29, 0.717) is 5.65 Å². The maximum absolute atomic E-state index is 10.7. The molecule has 0 aliphatic rings. The Kier molecular flexibility index (Phi) is 3.81. The van der Waals surface area contributed by atoms with Gasteiger partial charge < -0.3 is 5.32 Å². The van der Waals surface area contributed by atoms with Crippen molar-refractivity contribution in [2.24, 2.45) is 5.10 Å². The van der Waals surface area contributed by atoms with Crippen LogP contribution in [0.4, 0.5) is 0 Å². The second-order valence-corrected chi connectivity index (χ2v) is 4.28. The molecule has 0 radical (unpaired) electrons. The molecule has 0 saturated heterocycles. The predicted octanol–water partition coefficient (Wildman–Crippen LogP) is 0.611. The Morgan fingerprint density at radius 2 is 2.37 bits per heavy atom. The highest BCUT2D eigenvalue weighted by atomic mass is 32.1. The zero-order chi connectivity index (χ0) is 13.8. The number of hydrogen-bond donors (Lipinski definition) is 3. The number of fused-ring (bicyclic) bond motifs is 1. The van der Waals surface area contributed by atoms with Gasteiger partial charge in [0.05, 0.1) is 6.21 Å². The molecule has 0 saturated carbocycles. The van der Waals surface area contributed by atoms with E-state index in [4.69, 9.17) is 12.2 Å². The number of carbonyl (C=O) groups excluding carboxylic acids is 1. The van der Waals surface area contributed by atoms with E-state index < -0.39 is 0 Å². The van der Waals surface area contributed by atoms with Crippen LogP contribution >= 0.6 is 12.2 Å². The lowest BCUT2D eigenvalue weighted by molar-refractivity contribution is -0.117. The Balaban J connectivity index is 2.06. The fraction of sp³-hybridized carbons (Fsp3) is 0.182. The number of aromatic amines is 1. The molecule has 3 N–H and O–H groups in total. The summed E-state index contributed by atoms with van der Waals surface area (Å²) in [4.78, 5) is 14.9. The van der Waals surface area contributed by atoms with Crippen molar-refractivity contribution in [3.63, 3.8) is 0 Å². The Morgan fingerprint density at radius 3 is 3.11 bits per heavy atom. The number of hydrogen-bond acceptors (Lipinski definition) is 5. The molecule has 19 heavy (non-hydrogen) atoms. The summed E-state index contributed by atoms with van der Waals surface area (Å²) in [6.07, 6.45) is 3.21. The van der Waals surface area contributed by atoms with Gasteiger partial charge in [-0.2, -0.15) is 10.2 Å². The van der Waals surface area contributed by atoms with Crippen LogP contribution in [-0.4, -0.2) is 32.4 Å². The summed E-state index contributed by atoms with van der Waals surface area (Å²) < 4.78 is 0. The van der Waals surface area contributed by atoms with Crippen LogP contribution in [0.3, 0.4) is 0 Å². The van der Waals surface area contributed by atoms with Crippen LogP contribution in [0.2, 0.25) is 0 Å². The van der Waals surface area contributed by atoms with Gasteiger partial charge in [-0.25, -0.2) is 4.98 Å². The van der Waals surface area contributed by atoms with Crippen LogP contribution in [0.1, 0.15) is 18.2 Å². The molecule has 2 aromatic heterocycles. The summed E-state index contributed by atoms with van der Waals surface area (Å²) in [5.41, 5.74) is 4.95. The minimum absolute atomic E-state index is 0.150. The van der Waals surface area contributed by atoms with E-state index in [9.17, 15) is 4.79 Å². The lowest BCUT2D eigenvalue weighted by atomic mass is 10.2. The van der Waals surface area contributed by atoms with E-state index >= 15 is 0 Å². The summed E-state index contributed by atoms with van der Waals surface area (Å²) in [5.74, 6) is -0.246. The van der Waals surface area contributed by atoms with Gasteiger partial charge in [-0.1, -0.05) is 0 Å². The van der Waals surface area contributed by atoms with Crippen LogP contribution < -0.4 is 10.7 Å². The number of aryl methyl sites for hydroxylation is 1. The van der Waals surface area contributed by atoms with Crippen LogP contribution in [0.25, 0.3) is 11.0 Å². The van der Waals surface area contributed by atoms with Gasteiger partial charge in [0.2, 0.25) is 5.91 Å². The third kappa shape index (κ3) is 3.32. The van der Waals surface area contributed by atoms with Gasteiger partial charge in [-0.05, 0) is 25.2 Å². The Hall–Kier alpha value is -2.35. The number of H-pyrrole nitrogens is 1. The van der Waals surface area contributed by atoms with Gasteiger partial charge >= 0.3 is 0 Å². The first-order valence-electron chi connectivity index (χ1n) is 5.47. The number of nitrogens with zero attached hydrogens (tertiary/aromatic N) is 3. The fourth-order valence-corrected chi connectivity index (χ4v) is 1.66. The quantitative estimate of drug-likeness (QED) is 0.424. The van der Waals surface area contributed by atoms with Crippen LogP contribution in [-0.2, 0) is 4.79 Å². The highest BCUT2D eigenvalue weighted by molar-refractivity contribution is 7.80. The maximum atomic E-state index is 10.7. The summed E-state index contributed by atoms with van der Waals surface area (Å²) in [5, 5.41) is 14.3. The van der Waals surface area contributed by atoms with Gasteiger partial charge in [0.25, 0.3) is 0 Å². The molecule has 7 nitrogen and oxygen atoms in total. The Morgan fingerprint density at radius 1 is 1.58 bits per heavy atom. The smallest absolute Gasteiger partial charge is 0.223 e. The molecule has 2 aromatic rings. The minimum atomic E-state index is -0.246. The van der Waals surface area contributed by atoms with Crippen molar-refractivity contribution in [3.8, 4) is 0 Å². The first kappa shape index (κ1) is 13.1. The van der Waals surface area contributed by atoms with Crippen LogP contribution in [0.5, 0.6) is 0 Å². The van der Waals surface area contributed by atoms with E-state index in [1.807, 2.05) is 13.0 Å². The number of nitrogens with one attached hydrogen (secondary N) is 3. The Labute approximate surface area is 114 Å². The molecule has 2 heterocycles. The molecule has 8 heteroatoms. The van der Waals surface area contributed by atoms with E-state index in [1.54, 1.807) is 12.4 Å². The third-order valence-corrected chi connectivity index (χ3v) is 2.48. The second kappa shape index (κ2) is 5.53. The standard InChI is InChI=1S/C11H12N6OS/c1-6-9-3-8(4-12-10(9)16-15-6)5-13-17-11(19)14-7(2)18/h3-5H,1-2H3,(H,12,15,16)(H2,14,17,18,19). The van der Waals surface area contributed by atoms with Crippen molar-refractivity contribution >= 4 is 40.5 Å². The third-order valence-electron chi connectivity index (χ3n) is 2.29. The predicted molar refractivity (Wildman–Crippen MR) is 75.8 cm³/mol. The van der Waals surface area contributed by atoms with Gasteiger partial charge in [0.1, 0.15) is 0 Å². The molecule has 0 aromatic carbocycles. The van der Waals surface area contributed by atoms with Crippen LogP contribution in [0.15, 0.2) is 17.4 Å². The summed E-state index contributed by atoms with van der Waals surface area (Å²) in [6, 6.07) is 1.91. The van der Waals surface area contributed by atoms with Crippen molar-refractivity contribution in [3.05, 3.63) is 23.5 Å². The van der Waals surface area contributed by atoms with Gasteiger partial charge in [0, 0.05) is 29.8 Å². The molecular formula is C11H12N6OS. The molecule has 0 aliphatic heterocycles. The monoisotopic (exact) mass is 276 g/mol. The van der Waals surface area contributed by atoms with E-state index in [2.05, 4.69) is 31.0 Å². The van der Waals surface area contributed by atoms with Crippen molar-refractivity contribution in [1.29, 1.82) is 0 Å². The number of pyridine rings is 1. The number of aromatic nitrogens is 3. The normalized spacial score (nSPS) is 10.8. The van der Waals surface area contributed by atoms with Crippen molar-refractivity contribution in [2.45, 2.75) is 13.8 Å². The Bertz CT molecular complexity index is 662. The van der Waals surface area contributed by atoms with Gasteiger partial charge in [-0.3, -0.25) is 15.3 Å². The second-order valence-electron chi connectivity index (χ2n) is 3.87. The topological polar surface area (TPSA) is 95.1 Å². The number of hydrazone groups is 1. The molecule has 1 amide bonds. The minimum Gasteiger partial charge on any atom is -0.302 e. The molecule has 0 spiro atoms. The maximum Gasteiger partial charge on any atom is 0.223 e. The molecule has 0 fully saturated rings. The van der Waals surface area contributed by atoms with Crippen LogP contribution in [0, 0.1) is 6.92 Å². The lowest BCUT2D eigenvalue weighted by Crippen LogP contribution is -2.35. The van der Waals surface area contributed by atoms with Crippen molar-refractivity contribution in [1.82, 2.24) is 25.9 Å². The lowest BCUT2D eigenvalue weighted by Gasteiger charge is -2.01. The fourth-order valence-electron chi connectivity index (χ4n) is 1.46. The molecule has 98 valence electrons. The van der Waals surface area contributed by atoms with E-state index in [-0.39, 0.29) is 11.0 Å². The van der Waals surface area contributed by atoms with E-state index in [0.717, 1.165) is 16.6 Å². The largest absolute Gasteiger partial charge is 0.302 e. The SMILES string of the molecule is CC(=O)NC(=S)NN=Cc1cnc2n[nH]c(C)c2c1. The number of rotatable bonds is 2. The van der Waals surface area contributed by atoms with Gasteiger partial charge in [0.15, 0.2) is 10.8 Å². The van der Waals surface area contributed by atoms with Crippen molar-refractivity contribution in [2.75, 3.05) is 0 Å². The van der Waals surface area contributed by atoms with Crippen molar-refractivity contribution < 1.29 is 4.79 Å². The molecule has 0 unspecified atom stereocenters. The molecule has 0 atom stereocenters. The first-order chi connectivity index (χ1) is 9.06. The summed E-state index contributed by atoms with van der Waals surface area (Å²) in [6.45, 7) is 3.29. The summed E-state index contributed by atoms with van der Waals surface area (Å²) >= 11 is 4.84. The molecule has 0 bridgehead atoms. The average Bonchev–Trinajstić information content (AvgIpc) is 2.70. The zero-order valence-corrected chi connectivity index (χ0v) is 11.2. The molecule has 0 aliphatic carbocycles.